The molecule has 3 N–H and O–H groups in total. The molecule has 0 aliphatic rings. The highest BCUT2D eigenvalue weighted by atomic mass is 79.9. The highest BCUT2D eigenvalue weighted by Crippen LogP contribution is 2.15. The van der Waals surface area contributed by atoms with E-state index < -0.39 is 13.1 Å². The molecular weight excluding hydrogens is 759 g/mol. The van der Waals surface area contributed by atoms with Crippen molar-refractivity contribution in [2.75, 3.05) is 14.2 Å². The second-order valence-corrected chi connectivity index (χ2v) is 12.1. The maximum Gasteiger partial charge on any atom is 0.488 e. The molecule has 282 valence electrons. The molecule has 16 heteroatoms. The Morgan fingerprint density at radius 2 is 0.963 bits per heavy atom. The third kappa shape index (κ3) is 13.3. The van der Waals surface area contributed by atoms with Crippen LogP contribution in [0.4, 0.5) is 0 Å². The molecule has 0 aliphatic carbocycles. The zero-order chi connectivity index (χ0) is 39.6. The first-order chi connectivity index (χ1) is 25.9. The topological polar surface area (TPSA) is 184 Å². The number of carboxylic acid groups (broad SMARTS) is 1. The van der Waals surface area contributed by atoms with Crippen LogP contribution in [-0.2, 0) is 48.8 Å². The Labute approximate surface area is 321 Å². The number of ether oxygens (including phenoxy) is 2. The number of esters is 2. The summed E-state index contributed by atoms with van der Waals surface area (Å²) in [5.74, 6) is -1.62. The molecule has 0 saturated heterocycles. The average Bonchev–Trinajstić information content (AvgIpc) is 3.87. The lowest BCUT2D eigenvalue weighted by Crippen LogP contribution is -2.29. The minimum absolute atomic E-state index is 0.270. The maximum absolute atomic E-state index is 11.6. The number of alkyl halides is 1. The van der Waals surface area contributed by atoms with Crippen LogP contribution in [0, 0.1) is 0 Å². The number of carbonyl (C=O) groups excluding carboxylic acids is 2. The molecule has 3 aromatic heterocycles. The van der Waals surface area contributed by atoms with E-state index in [-0.39, 0.29) is 17.5 Å². The van der Waals surface area contributed by atoms with Gasteiger partial charge in [0.05, 0.1) is 31.3 Å². The number of rotatable bonds is 9. The SMILES string of the molecule is COC(=O)c1cn(C)nc1CBr.COC(=O)c1cn(C)nc1Cc1ccccc1.Cn1cc(C(=O)O)c(Cc2ccccc2)n1.OB(O)c1ccccc1. The lowest BCUT2D eigenvalue weighted by Gasteiger charge is -2.00. The van der Waals surface area contributed by atoms with Crippen molar-refractivity contribution in [2.45, 2.75) is 18.2 Å². The number of hydrogen-bond donors (Lipinski definition) is 3. The number of aromatic carboxylic acids is 1. The van der Waals surface area contributed by atoms with Gasteiger partial charge in [-0.1, -0.05) is 107 Å². The van der Waals surface area contributed by atoms with Crippen molar-refractivity contribution in [1.29, 1.82) is 0 Å². The van der Waals surface area contributed by atoms with E-state index >= 15 is 0 Å². The fourth-order valence-corrected chi connectivity index (χ4v) is 5.32. The molecule has 0 spiro atoms. The van der Waals surface area contributed by atoms with E-state index in [1.165, 1.54) is 25.1 Å². The van der Waals surface area contributed by atoms with Crippen LogP contribution in [-0.4, -0.2) is 83.7 Å². The van der Waals surface area contributed by atoms with Gasteiger partial charge < -0.3 is 24.6 Å². The fourth-order valence-electron chi connectivity index (χ4n) is 4.91. The maximum atomic E-state index is 11.6. The lowest BCUT2D eigenvalue weighted by atomic mass is 9.81. The second kappa shape index (κ2) is 21.6. The van der Waals surface area contributed by atoms with Crippen LogP contribution in [0.15, 0.2) is 110 Å². The van der Waals surface area contributed by atoms with Crippen LogP contribution >= 0.6 is 15.9 Å². The molecule has 6 aromatic rings. The molecule has 14 nitrogen and oxygen atoms in total. The predicted molar refractivity (Wildman–Crippen MR) is 207 cm³/mol. The van der Waals surface area contributed by atoms with Gasteiger partial charge in [-0.05, 0) is 16.6 Å². The second-order valence-electron chi connectivity index (χ2n) is 11.5. The summed E-state index contributed by atoms with van der Waals surface area (Å²) in [5, 5.41) is 39.2. The summed E-state index contributed by atoms with van der Waals surface area (Å²) in [5.41, 5.74) is 6.05. The molecule has 54 heavy (non-hydrogen) atoms. The zero-order valence-corrected chi connectivity index (χ0v) is 32.1. The molecule has 0 radical (unpaired) electrons. The van der Waals surface area contributed by atoms with Crippen LogP contribution < -0.4 is 5.46 Å². The van der Waals surface area contributed by atoms with Gasteiger partial charge in [-0.15, -0.1) is 0 Å². The number of halogens is 1. The van der Waals surface area contributed by atoms with Gasteiger partial charge >= 0.3 is 25.0 Å². The highest BCUT2D eigenvalue weighted by molar-refractivity contribution is 9.08. The zero-order valence-electron chi connectivity index (χ0n) is 30.5. The number of carboxylic acids is 1. The summed E-state index contributed by atoms with van der Waals surface area (Å²) in [6.45, 7) is 0. The monoisotopic (exact) mass is 800 g/mol. The molecule has 3 aromatic carbocycles. The van der Waals surface area contributed by atoms with Gasteiger partial charge in [0.15, 0.2) is 0 Å². The number of nitrogens with zero attached hydrogens (tertiary/aromatic N) is 6. The minimum Gasteiger partial charge on any atom is -0.478 e. The highest BCUT2D eigenvalue weighted by Gasteiger charge is 2.17. The summed E-state index contributed by atoms with van der Waals surface area (Å²) < 4.78 is 14.1. The summed E-state index contributed by atoms with van der Waals surface area (Å²) in [4.78, 5) is 33.6. The average molecular weight is 802 g/mol. The predicted octanol–water partition coefficient (Wildman–Crippen LogP) is 3.97. The van der Waals surface area contributed by atoms with Crippen LogP contribution in [0.5, 0.6) is 0 Å². The Kier molecular flexibility index (Phi) is 17.1. The first-order valence-corrected chi connectivity index (χ1v) is 17.5. The van der Waals surface area contributed by atoms with Crippen LogP contribution in [0.1, 0.15) is 59.3 Å². The Morgan fingerprint density at radius 3 is 1.31 bits per heavy atom. The number of benzene rings is 3. The van der Waals surface area contributed by atoms with E-state index in [2.05, 4.69) is 36.0 Å². The van der Waals surface area contributed by atoms with Crippen molar-refractivity contribution in [3.8, 4) is 0 Å². The molecule has 0 bridgehead atoms. The Hall–Kier alpha value is -5.84. The van der Waals surface area contributed by atoms with E-state index in [1.807, 2.05) is 66.7 Å². The van der Waals surface area contributed by atoms with Gasteiger partial charge in [0, 0.05) is 57.9 Å². The van der Waals surface area contributed by atoms with Gasteiger partial charge in [0.2, 0.25) is 0 Å². The van der Waals surface area contributed by atoms with E-state index in [1.54, 1.807) is 67.2 Å². The van der Waals surface area contributed by atoms with Crippen molar-refractivity contribution in [1.82, 2.24) is 29.3 Å². The summed E-state index contributed by atoms with van der Waals surface area (Å²) in [6.07, 6.45) is 6.03. The van der Waals surface area contributed by atoms with Crippen molar-refractivity contribution >= 4 is 46.4 Å². The molecule has 3 heterocycles. The Balaban J connectivity index is 0.000000199. The summed E-state index contributed by atoms with van der Waals surface area (Å²) >= 11 is 3.24. The van der Waals surface area contributed by atoms with Crippen molar-refractivity contribution in [3.63, 3.8) is 0 Å². The molecule has 0 saturated carbocycles. The van der Waals surface area contributed by atoms with Gasteiger partial charge in [0.1, 0.15) is 16.7 Å². The first-order valence-electron chi connectivity index (χ1n) is 16.4. The van der Waals surface area contributed by atoms with Gasteiger partial charge in [-0.2, -0.15) is 15.3 Å². The van der Waals surface area contributed by atoms with Crippen LogP contribution in [0.3, 0.4) is 0 Å². The molecule has 0 fully saturated rings. The Bertz CT molecular complexity index is 2070. The normalized spacial score (nSPS) is 10.0. The Morgan fingerprint density at radius 1 is 0.611 bits per heavy atom. The summed E-state index contributed by atoms with van der Waals surface area (Å²) in [6, 6.07) is 28.3. The minimum atomic E-state index is -1.34. The molecule has 6 rings (SSSR count). The largest absolute Gasteiger partial charge is 0.488 e. The van der Waals surface area contributed by atoms with E-state index in [9.17, 15) is 14.4 Å². The number of aryl methyl sites for hydroxylation is 3. The lowest BCUT2D eigenvalue weighted by molar-refractivity contribution is 0.0590. The number of carbonyl (C=O) groups is 3. The van der Waals surface area contributed by atoms with E-state index in [4.69, 9.17) is 19.9 Å². The number of methoxy groups -OCH3 is 2. The van der Waals surface area contributed by atoms with Crippen LogP contribution in [0.25, 0.3) is 0 Å². The molecule has 0 aliphatic heterocycles. The van der Waals surface area contributed by atoms with Crippen molar-refractivity contribution < 1.29 is 39.0 Å². The van der Waals surface area contributed by atoms with E-state index in [0.717, 1.165) is 16.8 Å². The van der Waals surface area contributed by atoms with Gasteiger partial charge in [0.25, 0.3) is 0 Å². The van der Waals surface area contributed by atoms with Crippen LogP contribution in [0.2, 0.25) is 0 Å². The number of hydrogen-bond acceptors (Lipinski definition) is 10. The molecule has 0 unspecified atom stereocenters. The molecular formula is C38H42BBrN6O8. The quantitative estimate of drug-likeness (QED) is 0.109. The van der Waals surface area contributed by atoms with Crippen molar-refractivity contribution in [2.24, 2.45) is 21.1 Å². The van der Waals surface area contributed by atoms with Gasteiger partial charge in [-0.25, -0.2) is 14.4 Å². The third-order valence-corrected chi connectivity index (χ3v) is 7.94. The van der Waals surface area contributed by atoms with E-state index in [0.29, 0.717) is 46.1 Å². The van der Waals surface area contributed by atoms with Crippen molar-refractivity contribution in [3.05, 3.63) is 154 Å². The third-order valence-electron chi connectivity index (χ3n) is 7.41. The first kappa shape index (κ1) is 42.6. The molecule has 0 atom stereocenters. The molecule has 0 amide bonds. The fraction of sp³-hybridized carbons (Fsp3) is 0.211. The van der Waals surface area contributed by atoms with Gasteiger partial charge in [-0.3, -0.25) is 14.0 Å². The smallest absolute Gasteiger partial charge is 0.478 e. The number of aromatic nitrogens is 6. The standard InChI is InChI=1S/C13H14N2O2.C12H12N2O2.C7H9BrN2O2.C6H7BO2/c1-15-9-11(13(16)17-2)12(14-15)8-10-6-4-3-5-7-10;1-14-8-10(12(15)16)11(13-14)7-9-5-3-2-4-6-9;1-10-4-5(7(11)12-2)6(3-8)9-10;8-7(9)6-4-2-1-3-5-6/h3-7,9H,8H2,1-2H3;2-6,8H,7H2,1H3,(H,15,16);4H,3H2,1-2H3;1-5,8-9H. The summed E-state index contributed by atoms with van der Waals surface area (Å²) in [7, 11) is 6.67.